The van der Waals surface area contributed by atoms with Crippen molar-refractivity contribution in [2.24, 2.45) is 0 Å². The number of aryl methyl sites for hydroxylation is 1. The van der Waals surface area contributed by atoms with E-state index in [1.165, 1.54) is 5.56 Å². The lowest BCUT2D eigenvalue weighted by atomic mass is 10.0. The Hall–Kier alpha value is -1.74. The lowest BCUT2D eigenvalue weighted by molar-refractivity contribution is 0.410. The van der Waals surface area contributed by atoms with E-state index in [4.69, 9.17) is 4.42 Å². The molecule has 2 unspecified atom stereocenters. The molecular weight excluding hydrogens is 250 g/mol. The highest BCUT2D eigenvalue weighted by atomic mass is 16.3. The van der Waals surface area contributed by atoms with Crippen molar-refractivity contribution in [3.63, 3.8) is 0 Å². The fourth-order valence-electron chi connectivity index (χ4n) is 2.40. The molecule has 2 N–H and O–H groups in total. The lowest BCUT2D eigenvalue weighted by Crippen LogP contribution is -2.30. The molecule has 0 aliphatic heterocycles. The van der Waals surface area contributed by atoms with Crippen LogP contribution in [-0.4, -0.2) is 11.1 Å². The summed E-state index contributed by atoms with van der Waals surface area (Å²) in [5.41, 5.74) is 1.22. The first-order valence-electron chi connectivity index (χ1n) is 7.26. The van der Waals surface area contributed by atoms with Crippen molar-refractivity contribution in [2.75, 3.05) is 0 Å². The Balaban J connectivity index is 1.87. The van der Waals surface area contributed by atoms with Gasteiger partial charge in [-0.1, -0.05) is 19.1 Å². The fourth-order valence-corrected chi connectivity index (χ4v) is 2.40. The fraction of sp³-hybridized carbons (Fsp3) is 0.412. The van der Waals surface area contributed by atoms with E-state index < -0.39 is 0 Å². The van der Waals surface area contributed by atoms with Crippen molar-refractivity contribution >= 4 is 0 Å². The maximum Gasteiger partial charge on any atom is 0.115 e. The molecular formula is C17H23NO2. The van der Waals surface area contributed by atoms with E-state index in [-0.39, 0.29) is 0 Å². The monoisotopic (exact) mass is 273 g/mol. The second-order valence-corrected chi connectivity index (χ2v) is 5.24. The van der Waals surface area contributed by atoms with Crippen molar-refractivity contribution in [2.45, 2.75) is 45.2 Å². The minimum absolute atomic E-state index is 0.314. The van der Waals surface area contributed by atoms with Gasteiger partial charge in [-0.2, -0.15) is 0 Å². The van der Waals surface area contributed by atoms with Crippen molar-refractivity contribution in [1.82, 2.24) is 5.32 Å². The number of phenols is 1. The Morgan fingerprint density at radius 1 is 1.20 bits per heavy atom. The standard InChI is InChI=1S/C17H23NO2/c1-3-17(14-7-9-15(19)10-8-14)18-13(2)6-11-16-5-4-12-20-16/h4-5,7-10,12-13,17-19H,3,6,11H2,1-2H3. The summed E-state index contributed by atoms with van der Waals surface area (Å²) in [5, 5.41) is 13.0. The highest BCUT2D eigenvalue weighted by Gasteiger charge is 2.12. The summed E-state index contributed by atoms with van der Waals surface area (Å²) in [6.45, 7) is 4.37. The number of aromatic hydroxyl groups is 1. The number of hydrogen-bond acceptors (Lipinski definition) is 3. The minimum Gasteiger partial charge on any atom is -0.508 e. The maximum absolute atomic E-state index is 9.35. The van der Waals surface area contributed by atoms with Crippen LogP contribution in [0.15, 0.2) is 47.1 Å². The zero-order valence-electron chi connectivity index (χ0n) is 12.2. The zero-order valence-corrected chi connectivity index (χ0v) is 12.2. The van der Waals surface area contributed by atoms with E-state index in [1.54, 1.807) is 18.4 Å². The maximum atomic E-state index is 9.35. The Bertz CT molecular complexity index is 490. The molecule has 2 aromatic rings. The third-order valence-corrected chi connectivity index (χ3v) is 3.59. The van der Waals surface area contributed by atoms with Gasteiger partial charge in [0.1, 0.15) is 11.5 Å². The van der Waals surface area contributed by atoms with Gasteiger partial charge in [-0.25, -0.2) is 0 Å². The summed E-state index contributed by atoms with van der Waals surface area (Å²) in [4.78, 5) is 0. The van der Waals surface area contributed by atoms with Gasteiger partial charge in [0.05, 0.1) is 6.26 Å². The van der Waals surface area contributed by atoms with Crippen LogP contribution in [-0.2, 0) is 6.42 Å². The average molecular weight is 273 g/mol. The van der Waals surface area contributed by atoms with Crippen LogP contribution >= 0.6 is 0 Å². The van der Waals surface area contributed by atoms with Gasteiger partial charge >= 0.3 is 0 Å². The molecule has 0 fully saturated rings. The van der Waals surface area contributed by atoms with Crippen LogP contribution in [0.25, 0.3) is 0 Å². The molecule has 0 saturated carbocycles. The van der Waals surface area contributed by atoms with Crippen LogP contribution < -0.4 is 5.32 Å². The summed E-state index contributed by atoms with van der Waals surface area (Å²) in [7, 11) is 0. The van der Waals surface area contributed by atoms with Gasteiger partial charge in [-0.05, 0) is 49.6 Å². The smallest absolute Gasteiger partial charge is 0.115 e. The predicted octanol–water partition coefficient (Wildman–Crippen LogP) is 4.05. The average Bonchev–Trinajstić information content (AvgIpc) is 2.97. The largest absolute Gasteiger partial charge is 0.508 e. The van der Waals surface area contributed by atoms with E-state index in [0.29, 0.717) is 17.8 Å². The summed E-state index contributed by atoms with van der Waals surface area (Å²) >= 11 is 0. The number of hydrogen-bond donors (Lipinski definition) is 2. The molecule has 1 aromatic carbocycles. The number of nitrogens with one attached hydrogen (secondary N) is 1. The second-order valence-electron chi connectivity index (χ2n) is 5.24. The normalized spacial score (nSPS) is 14.1. The molecule has 3 nitrogen and oxygen atoms in total. The van der Waals surface area contributed by atoms with Crippen LogP contribution in [0.1, 0.15) is 44.1 Å². The molecule has 0 radical (unpaired) electrons. The predicted molar refractivity (Wildman–Crippen MR) is 80.8 cm³/mol. The van der Waals surface area contributed by atoms with Crippen LogP contribution in [0, 0.1) is 0 Å². The molecule has 2 atom stereocenters. The number of benzene rings is 1. The molecule has 3 heteroatoms. The van der Waals surface area contributed by atoms with Crippen LogP contribution in [0.4, 0.5) is 0 Å². The SMILES string of the molecule is CCC(NC(C)CCc1ccco1)c1ccc(O)cc1. The highest BCUT2D eigenvalue weighted by molar-refractivity contribution is 5.28. The lowest BCUT2D eigenvalue weighted by Gasteiger charge is -2.22. The molecule has 20 heavy (non-hydrogen) atoms. The van der Waals surface area contributed by atoms with E-state index in [0.717, 1.165) is 25.0 Å². The first kappa shape index (κ1) is 14.7. The summed E-state index contributed by atoms with van der Waals surface area (Å²) in [5.74, 6) is 1.35. The van der Waals surface area contributed by atoms with Crippen molar-refractivity contribution in [3.8, 4) is 5.75 Å². The van der Waals surface area contributed by atoms with Crippen LogP contribution in [0.2, 0.25) is 0 Å². The molecule has 0 amide bonds. The van der Waals surface area contributed by atoms with Crippen LogP contribution in [0.5, 0.6) is 5.75 Å². The Kier molecular flexibility index (Phi) is 5.24. The Labute approximate surface area is 120 Å². The molecule has 0 bridgehead atoms. The summed E-state index contributed by atoms with van der Waals surface area (Å²) in [6.07, 6.45) is 4.74. The topological polar surface area (TPSA) is 45.4 Å². The van der Waals surface area contributed by atoms with Gasteiger partial charge in [0.25, 0.3) is 0 Å². The van der Waals surface area contributed by atoms with Crippen molar-refractivity contribution in [3.05, 3.63) is 54.0 Å². The van der Waals surface area contributed by atoms with E-state index in [1.807, 2.05) is 24.3 Å². The molecule has 2 rings (SSSR count). The summed E-state index contributed by atoms with van der Waals surface area (Å²) < 4.78 is 5.36. The van der Waals surface area contributed by atoms with E-state index in [2.05, 4.69) is 19.2 Å². The van der Waals surface area contributed by atoms with Gasteiger partial charge in [-0.15, -0.1) is 0 Å². The molecule has 0 aliphatic carbocycles. The molecule has 0 saturated heterocycles. The van der Waals surface area contributed by atoms with E-state index >= 15 is 0 Å². The first-order valence-corrected chi connectivity index (χ1v) is 7.26. The minimum atomic E-state index is 0.314. The number of phenolic OH excluding ortho intramolecular Hbond substituents is 1. The van der Waals surface area contributed by atoms with E-state index in [9.17, 15) is 5.11 Å². The van der Waals surface area contributed by atoms with Gasteiger partial charge in [0.2, 0.25) is 0 Å². The number of rotatable bonds is 7. The molecule has 0 spiro atoms. The second kappa shape index (κ2) is 7.15. The van der Waals surface area contributed by atoms with Crippen molar-refractivity contribution < 1.29 is 9.52 Å². The zero-order chi connectivity index (χ0) is 14.4. The molecule has 108 valence electrons. The summed E-state index contributed by atoms with van der Waals surface area (Å²) in [6, 6.07) is 12.1. The quantitative estimate of drug-likeness (QED) is 0.800. The molecule has 0 aliphatic rings. The number of furan rings is 1. The van der Waals surface area contributed by atoms with Crippen LogP contribution in [0.3, 0.4) is 0 Å². The van der Waals surface area contributed by atoms with Gasteiger partial charge < -0.3 is 14.8 Å². The Morgan fingerprint density at radius 2 is 1.95 bits per heavy atom. The van der Waals surface area contributed by atoms with Gasteiger partial charge in [0, 0.05) is 18.5 Å². The van der Waals surface area contributed by atoms with Gasteiger partial charge in [0.15, 0.2) is 0 Å². The highest BCUT2D eigenvalue weighted by Crippen LogP contribution is 2.20. The first-order chi connectivity index (χ1) is 9.69. The molecule has 1 heterocycles. The third-order valence-electron chi connectivity index (χ3n) is 3.59. The third kappa shape index (κ3) is 4.14. The van der Waals surface area contributed by atoms with Gasteiger partial charge in [-0.3, -0.25) is 0 Å². The Morgan fingerprint density at radius 3 is 2.55 bits per heavy atom. The van der Waals surface area contributed by atoms with Crippen molar-refractivity contribution in [1.29, 1.82) is 0 Å². The molecule has 1 aromatic heterocycles.